The summed E-state index contributed by atoms with van der Waals surface area (Å²) in [4.78, 5) is 12.1. The number of hydrogen-bond acceptors (Lipinski definition) is 3. The summed E-state index contributed by atoms with van der Waals surface area (Å²) < 4.78 is 5.16. The van der Waals surface area contributed by atoms with E-state index in [-0.39, 0.29) is 5.78 Å². The Balaban J connectivity index is 2.13. The lowest BCUT2D eigenvalue weighted by Crippen LogP contribution is -1.93. The summed E-state index contributed by atoms with van der Waals surface area (Å²) in [7, 11) is 1.63. The van der Waals surface area contributed by atoms with Gasteiger partial charge in [0, 0.05) is 16.2 Å². The lowest BCUT2D eigenvalue weighted by atomic mass is 10.1. The van der Waals surface area contributed by atoms with E-state index >= 15 is 0 Å². The molecule has 1 N–H and O–H groups in total. The van der Waals surface area contributed by atoms with E-state index in [1.807, 2.05) is 32.1 Å². The number of nitrogens with zero attached hydrogens (tertiary/aromatic N) is 1. The summed E-state index contributed by atoms with van der Waals surface area (Å²) in [6, 6.07) is 8.66. The van der Waals surface area contributed by atoms with Gasteiger partial charge < -0.3 is 4.74 Å². The van der Waals surface area contributed by atoms with Gasteiger partial charge in [0.05, 0.1) is 24.3 Å². The van der Waals surface area contributed by atoms with Gasteiger partial charge in [-0.1, -0.05) is 17.7 Å². The molecule has 0 amide bonds. The minimum Gasteiger partial charge on any atom is -0.501 e. The Bertz CT molecular complexity index is 799. The van der Waals surface area contributed by atoms with Gasteiger partial charge in [-0.2, -0.15) is 5.10 Å². The highest BCUT2D eigenvalue weighted by molar-refractivity contribution is 6.30. The minimum absolute atomic E-state index is 0.0933. The molecule has 1 aromatic carbocycles. The molecule has 0 fully saturated rings. The van der Waals surface area contributed by atoms with Crippen molar-refractivity contribution in [3.63, 3.8) is 0 Å². The number of hydrogen-bond donors (Lipinski definition) is 1. The smallest absolute Gasteiger partial charge is 0.185 e. The highest BCUT2D eigenvalue weighted by Gasteiger charge is 2.05. The highest BCUT2D eigenvalue weighted by atomic mass is 35.5. The zero-order valence-electron chi connectivity index (χ0n) is 13.8. The van der Waals surface area contributed by atoms with Crippen LogP contribution in [0.5, 0.6) is 0 Å². The Morgan fingerprint density at radius 3 is 2.62 bits per heavy atom. The molecule has 0 unspecified atom stereocenters. The zero-order valence-corrected chi connectivity index (χ0v) is 14.6. The number of ether oxygens (including phenoxy) is 1. The van der Waals surface area contributed by atoms with Gasteiger partial charge in [0.25, 0.3) is 0 Å². The molecule has 24 heavy (non-hydrogen) atoms. The Morgan fingerprint density at radius 1 is 1.29 bits per heavy atom. The van der Waals surface area contributed by atoms with Crippen LogP contribution in [0.2, 0.25) is 5.02 Å². The van der Waals surface area contributed by atoms with Crippen molar-refractivity contribution in [3.8, 4) is 0 Å². The molecule has 0 spiro atoms. The number of halogens is 1. The summed E-state index contributed by atoms with van der Waals surface area (Å²) in [5.74, 6) is 0.699. The summed E-state index contributed by atoms with van der Waals surface area (Å²) in [6.45, 7) is 3.81. The molecule has 5 heteroatoms. The van der Waals surface area contributed by atoms with Crippen molar-refractivity contribution in [1.29, 1.82) is 0 Å². The number of carbonyl (C=O) groups is 1. The molecule has 0 aliphatic carbocycles. The van der Waals surface area contributed by atoms with Gasteiger partial charge in [0.1, 0.15) is 0 Å². The van der Waals surface area contributed by atoms with Gasteiger partial charge in [-0.25, -0.2) is 0 Å². The van der Waals surface area contributed by atoms with E-state index in [0.717, 1.165) is 22.7 Å². The van der Waals surface area contributed by atoms with Crippen LogP contribution in [-0.4, -0.2) is 23.1 Å². The molecule has 0 bridgehead atoms. The van der Waals surface area contributed by atoms with Crippen molar-refractivity contribution in [3.05, 3.63) is 76.3 Å². The summed E-state index contributed by atoms with van der Waals surface area (Å²) in [5, 5.41) is 7.77. The largest absolute Gasteiger partial charge is 0.501 e. The predicted octanol–water partition coefficient (Wildman–Crippen LogP) is 4.91. The minimum atomic E-state index is -0.0933. The maximum atomic E-state index is 12.1. The second kappa shape index (κ2) is 8.31. The van der Waals surface area contributed by atoms with Crippen LogP contribution in [0.15, 0.2) is 54.3 Å². The van der Waals surface area contributed by atoms with Gasteiger partial charge in [-0.3, -0.25) is 9.89 Å². The Hall–Kier alpha value is -2.59. The molecule has 0 saturated carbocycles. The molecule has 0 saturated heterocycles. The fourth-order valence-corrected chi connectivity index (χ4v) is 2.15. The second-order valence-electron chi connectivity index (χ2n) is 5.12. The van der Waals surface area contributed by atoms with Crippen LogP contribution in [0.25, 0.3) is 11.6 Å². The number of ketones is 1. The zero-order chi connectivity index (χ0) is 17.5. The fourth-order valence-electron chi connectivity index (χ4n) is 2.03. The lowest BCUT2D eigenvalue weighted by Gasteiger charge is -2.00. The van der Waals surface area contributed by atoms with Gasteiger partial charge >= 0.3 is 0 Å². The normalized spacial score (nSPS) is 12.7. The number of benzene rings is 1. The lowest BCUT2D eigenvalue weighted by molar-refractivity contribution is 0.104. The molecule has 4 nitrogen and oxygen atoms in total. The first-order valence-electron chi connectivity index (χ1n) is 7.46. The molecule has 2 aromatic rings. The second-order valence-corrected chi connectivity index (χ2v) is 5.55. The summed E-state index contributed by atoms with van der Waals surface area (Å²) >= 11 is 5.82. The number of methoxy groups -OCH3 is 1. The van der Waals surface area contributed by atoms with Crippen molar-refractivity contribution in [2.75, 3.05) is 7.11 Å². The third kappa shape index (κ3) is 4.70. The molecule has 2 rings (SSSR count). The highest BCUT2D eigenvalue weighted by Crippen LogP contribution is 2.17. The number of allylic oxidation sites excluding steroid dienone is 5. The third-order valence-electron chi connectivity index (χ3n) is 3.43. The van der Waals surface area contributed by atoms with Crippen LogP contribution in [0.3, 0.4) is 0 Å². The maximum Gasteiger partial charge on any atom is 0.185 e. The average molecular weight is 343 g/mol. The van der Waals surface area contributed by atoms with E-state index < -0.39 is 0 Å². The van der Waals surface area contributed by atoms with E-state index in [1.165, 1.54) is 6.08 Å². The molecule has 0 aliphatic heterocycles. The molecule has 124 valence electrons. The maximum absolute atomic E-state index is 12.1. The summed E-state index contributed by atoms with van der Waals surface area (Å²) in [6.07, 6.45) is 7.06. The molecule has 0 aliphatic rings. The number of nitrogens with one attached hydrogen (secondary N) is 1. The van der Waals surface area contributed by atoms with Crippen LogP contribution in [0.1, 0.15) is 35.6 Å². The Morgan fingerprint density at radius 2 is 2.00 bits per heavy atom. The van der Waals surface area contributed by atoms with E-state index in [1.54, 1.807) is 37.5 Å². The van der Waals surface area contributed by atoms with Crippen molar-refractivity contribution in [2.45, 2.75) is 13.8 Å². The summed E-state index contributed by atoms with van der Waals surface area (Å²) in [5.41, 5.74) is 3.06. The standard InChI is InChI=1S/C19H19ClN2O2/c1-4-14(11-13(2)24-3)18-12-17(21-22-18)9-10-19(23)15-5-7-16(20)8-6-15/h4-12H,1-3H3,(H,21,22). The molecule has 0 atom stereocenters. The van der Waals surface area contributed by atoms with Crippen LogP contribution in [0.4, 0.5) is 0 Å². The van der Waals surface area contributed by atoms with Crippen LogP contribution >= 0.6 is 11.6 Å². The van der Waals surface area contributed by atoms with E-state index in [0.29, 0.717) is 10.6 Å². The predicted molar refractivity (Wildman–Crippen MR) is 97.8 cm³/mol. The monoisotopic (exact) mass is 342 g/mol. The fraction of sp³-hybridized carbons (Fsp3) is 0.158. The number of aromatic amines is 1. The van der Waals surface area contributed by atoms with E-state index in [9.17, 15) is 4.79 Å². The van der Waals surface area contributed by atoms with Crippen LogP contribution in [0, 0.1) is 0 Å². The SMILES string of the molecule is CC=C(C=C(C)OC)c1cc(C=CC(=O)c2ccc(Cl)cc2)[nH]n1. The van der Waals surface area contributed by atoms with Crippen LogP contribution in [-0.2, 0) is 4.74 Å². The van der Waals surface area contributed by atoms with Gasteiger partial charge in [-0.05, 0) is 62.4 Å². The third-order valence-corrected chi connectivity index (χ3v) is 3.68. The topological polar surface area (TPSA) is 55.0 Å². The van der Waals surface area contributed by atoms with E-state index in [2.05, 4.69) is 10.2 Å². The molecule has 1 aromatic heterocycles. The van der Waals surface area contributed by atoms with Crippen molar-refractivity contribution in [2.24, 2.45) is 0 Å². The molecule has 1 heterocycles. The van der Waals surface area contributed by atoms with Gasteiger partial charge in [0.15, 0.2) is 5.78 Å². The van der Waals surface area contributed by atoms with Gasteiger partial charge in [0.2, 0.25) is 0 Å². The number of aromatic nitrogens is 2. The van der Waals surface area contributed by atoms with Crippen LogP contribution < -0.4 is 0 Å². The van der Waals surface area contributed by atoms with Crippen molar-refractivity contribution >= 4 is 29.0 Å². The Labute approximate surface area is 146 Å². The number of H-pyrrole nitrogens is 1. The average Bonchev–Trinajstić information content (AvgIpc) is 3.06. The number of rotatable bonds is 6. The molecular weight excluding hydrogens is 324 g/mol. The first kappa shape index (κ1) is 17.8. The molecule has 0 radical (unpaired) electrons. The Kier molecular flexibility index (Phi) is 6.15. The van der Waals surface area contributed by atoms with Crippen molar-refractivity contribution in [1.82, 2.24) is 10.2 Å². The quantitative estimate of drug-likeness (QED) is 0.351. The first-order valence-corrected chi connectivity index (χ1v) is 7.83. The first-order chi connectivity index (χ1) is 11.5. The van der Waals surface area contributed by atoms with E-state index in [4.69, 9.17) is 16.3 Å². The number of carbonyl (C=O) groups excluding carboxylic acids is 1. The van der Waals surface area contributed by atoms with Crippen molar-refractivity contribution < 1.29 is 9.53 Å². The van der Waals surface area contributed by atoms with Gasteiger partial charge in [-0.15, -0.1) is 0 Å². The molecular formula is C19H19ClN2O2.